The van der Waals surface area contributed by atoms with Gasteiger partial charge in [-0.05, 0) is 37.8 Å². The highest BCUT2D eigenvalue weighted by atomic mass is 32.2. The molecular formula is C16H21N3O3S. The van der Waals surface area contributed by atoms with Gasteiger partial charge in [0.05, 0.1) is 23.2 Å². The number of aliphatic hydroxyl groups is 1. The summed E-state index contributed by atoms with van der Waals surface area (Å²) < 4.78 is 29.8. The maximum atomic E-state index is 12.7. The summed E-state index contributed by atoms with van der Waals surface area (Å²) in [5.41, 5.74) is 1.83. The van der Waals surface area contributed by atoms with Crippen LogP contribution in [0.4, 0.5) is 0 Å². The molecule has 3 rings (SSSR count). The number of benzene rings is 1. The molecule has 2 aromatic rings. The van der Waals surface area contributed by atoms with E-state index in [0.29, 0.717) is 12.8 Å². The predicted octanol–water partition coefficient (Wildman–Crippen LogP) is 1.52. The van der Waals surface area contributed by atoms with Gasteiger partial charge in [-0.3, -0.25) is 4.68 Å². The minimum Gasteiger partial charge on any atom is -0.393 e. The Balaban J connectivity index is 1.87. The SMILES string of the molecule is Cc1ccc(S(=O)(=O)NC(c2cnn(C)c2)C2CC(O)C2)cc1. The summed E-state index contributed by atoms with van der Waals surface area (Å²) in [5, 5.41) is 13.7. The highest BCUT2D eigenvalue weighted by molar-refractivity contribution is 7.89. The number of aryl methyl sites for hydroxylation is 2. The number of hydrogen-bond acceptors (Lipinski definition) is 4. The summed E-state index contributed by atoms with van der Waals surface area (Å²) in [6, 6.07) is 6.39. The van der Waals surface area contributed by atoms with Crippen molar-refractivity contribution in [1.29, 1.82) is 0 Å². The molecule has 0 radical (unpaired) electrons. The van der Waals surface area contributed by atoms with E-state index in [4.69, 9.17) is 0 Å². The lowest BCUT2D eigenvalue weighted by atomic mass is 9.76. The number of hydrogen-bond donors (Lipinski definition) is 2. The Morgan fingerprint density at radius 2 is 1.96 bits per heavy atom. The second kappa shape index (κ2) is 6.07. The topological polar surface area (TPSA) is 84.2 Å². The van der Waals surface area contributed by atoms with Gasteiger partial charge in [0, 0.05) is 18.8 Å². The lowest BCUT2D eigenvalue weighted by Crippen LogP contribution is -2.41. The molecule has 7 heteroatoms. The molecule has 2 N–H and O–H groups in total. The van der Waals surface area contributed by atoms with E-state index >= 15 is 0 Å². The molecule has 1 heterocycles. The van der Waals surface area contributed by atoms with Crippen LogP contribution in [0, 0.1) is 12.8 Å². The first-order valence-corrected chi connectivity index (χ1v) is 9.09. The molecule has 124 valence electrons. The van der Waals surface area contributed by atoms with E-state index in [9.17, 15) is 13.5 Å². The largest absolute Gasteiger partial charge is 0.393 e. The van der Waals surface area contributed by atoms with E-state index in [1.165, 1.54) is 0 Å². The number of aromatic nitrogens is 2. The predicted molar refractivity (Wildman–Crippen MR) is 86.2 cm³/mol. The third-order valence-electron chi connectivity index (χ3n) is 4.32. The highest BCUT2D eigenvalue weighted by Crippen LogP contribution is 2.38. The number of aliphatic hydroxyl groups excluding tert-OH is 1. The fourth-order valence-corrected chi connectivity index (χ4v) is 4.19. The van der Waals surface area contributed by atoms with Gasteiger partial charge in [0.15, 0.2) is 0 Å². The first-order valence-electron chi connectivity index (χ1n) is 7.61. The average Bonchev–Trinajstić information content (AvgIpc) is 2.89. The van der Waals surface area contributed by atoms with Crippen molar-refractivity contribution in [3.05, 3.63) is 47.8 Å². The van der Waals surface area contributed by atoms with Crippen LogP contribution in [-0.4, -0.2) is 29.4 Å². The minimum absolute atomic E-state index is 0.0782. The summed E-state index contributed by atoms with van der Waals surface area (Å²) >= 11 is 0. The van der Waals surface area contributed by atoms with Gasteiger partial charge in [-0.2, -0.15) is 5.10 Å². The molecule has 1 atom stereocenters. The van der Waals surface area contributed by atoms with Crippen LogP contribution in [-0.2, 0) is 17.1 Å². The van der Waals surface area contributed by atoms with E-state index in [1.807, 2.05) is 13.1 Å². The zero-order valence-corrected chi connectivity index (χ0v) is 14.0. The molecular weight excluding hydrogens is 314 g/mol. The fourth-order valence-electron chi connectivity index (χ4n) is 2.89. The van der Waals surface area contributed by atoms with Gasteiger partial charge < -0.3 is 5.11 Å². The van der Waals surface area contributed by atoms with Crippen molar-refractivity contribution >= 4 is 10.0 Å². The molecule has 0 saturated heterocycles. The van der Waals surface area contributed by atoms with Gasteiger partial charge in [0.25, 0.3) is 0 Å². The fraction of sp³-hybridized carbons (Fsp3) is 0.438. The molecule has 1 aliphatic carbocycles. The van der Waals surface area contributed by atoms with Crippen molar-refractivity contribution in [2.45, 2.75) is 36.8 Å². The third kappa shape index (κ3) is 3.46. The lowest BCUT2D eigenvalue weighted by Gasteiger charge is -2.37. The molecule has 1 unspecified atom stereocenters. The number of nitrogens with zero attached hydrogens (tertiary/aromatic N) is 2. The molecule has 23 heavy (non-hydrogen) atoms. The molecule has 1 saturated carbocycles. The average molecular weight is 335 g/mol. The Kier molecular flexibility index (Phi) is 4.27. The summed E-state index contributed by atoms with van der Waals surface area (Å²) in [7, 11) is -1.83. The Labute approximate surface area is 136 Å². The Morgan fingerprint density at radius 1 is 1.30 bits per heavy atom. The Hall–Kier alpha value is -1.70. The van der Waals surface area contributed by atoms with E-state index < -0.39 is 10.0 Å². The summed E-state index contributed by atoms with van der Waals surface area (Å²) in [5.74, 6) is 0.0782. The van der Waals surface area contributed by atoms with Crippen LogP contribution in [0.5, 0.6) is 0 Å². The van der Waals surface area contributed by atoms with Gasteiger partial charge in [0.1, 0.15) is 0 Å². The monoisotopic (exact) mass is 335 g/mol. The molecule has 1 aliphatic rings. The van der Waals surface area contributed by atoms with Crippen LogP contribution in [0.1, 0.15) is 30.0 Å². The highest BCUT2D eigenvalue weighted by Gasteiger charge is 2.37. The van der Waals surface area contributed by atoms with Gasteiger partial charge in [0.2, 0.25) is 10.0 Å². The van der Waals surface area contributed by atoms with E-state index in [2.05, 4.69) is 9.82 Å². The second-order valence-corrected chi connectivity index (χ2v) is 7.96. The smallest absolute Gasteiger partial charge is 0.241 e. The van der Waals surface area contributed by atoms with Crippen LogP contribution in [0.15, 0.2) is 41.6 Å². The molecule has 0 bridgehead atoms. The molecule has 0 amide bonds. The summed E-state index contributed by atoms with van der Waals surface area (Å²) in [6.45, 7) is 1.91. The maximum absolute atomic E-state index is 12.7. The number of sulfonamides is 1. The summed E-state index contributed by atoms with van der Waals surface area (Å²) in [4.78, 5) is 0.247. The van der Waals surface area contributed by atoms with Crippen molar-refractivity contribution in [2.75, 3.05) is 0 Å². The summed E-state index contributed by atoms with van der Waals surface area (Å²) in [6.07, 6.45) is 4.33. The van der Waals surface area contributed by atoms with Crippen LogP contribution < -0.4 is 4.72 Å². The van der Waals surface area contributed by atoms with Crippen molar-refractivity contribution < 1.29 is 13.5 Å². The van der Waals surface area contributed by atoms with Crippen molar-refractivity contribution in [1.82, 2.24) is 14.5 Å². The zero-order chi connectivity index (χ0) is 16.6. The van der Waals surface area contributed by atoms with Crippen LogP contribution in [0.3, 0.4) is 0 Å². The lowest BCUT2D eigenvalue weighted by molar-refractivity contribution is 0.0280. The van der Waals surface area contributed by atoms with E-state index in [0.717, 1.165) is 11.1 Å². The first-order chi connectivity index (χ1) is 10.8. The molecule has 0 spiro atoms. The minimum atomic E-state index is -3.62. The number of nitrogens with one attached hydrogen (secondary N) is 1. The second-order valence-electron chi connectivity index (χ2n) is 6.24. The molecule has 1 fully saturated rings. The molecule has 1 aromatic heterocycles. The van der Waals surface area contributed by atoms with Crippen molar-refractivity contribution in [3.63, 3.8) is 0 Å². The van der Waals surface area contributed by atoms with Gasteiger partial charge in [-0.1, -0.05) is 17.7 Å². The Bertz CT molecular complexity index is 777. The van der Waals surface area contributed by atoms with Crippen LogP contribution >= 0.6 is 0 Å². The quantitative estimate of drug-likeness (QED) is 0.868. The van der Waals surface area contributed by atoms with Crippen molar-refractivity contribution in [2.24, 2.45) is 13.0 Å². The normalized spacial score (nSPS) is 22.6. The maximum Gasteiger partial charge on any atom is 0.241 e. The standard InChI is InChI=1S/C16H21N3O3S/c1-11-3-5-15(6-4-11)23(21,22)18-16(12-7-14(20)8-12)13-9-17-19(2)10-13/h3-6,9-10,12,14,16,18,20H,7-8H2,1-2H3. The van der Waals surface area contributed by atoms with E-state index in [-0.39, 0.29) is 23.0 Å². The first kappa shape index (κ1) is 16.2. The van der Waals surface area contributed by atoms with Gasteiger partial charge in [-0.25, -0.2) is 13.1 Å². The third-order valence-corrected chi connectivity index (χ3v) is 5.78. The van der Waals surface area contributed by atoms with Gasteiger partial charge >= 0.3 is 0 Å². The zero-order valence-electron chi connectivity index (χ0n) is 13.2. The van der Waals surface area contributed by atoms with Gasteiger partial charge in [-0.15, -0.1) is 0 Å². The molecule has 6 nitrogen and oxygen atoms in total. The Morgan fingerprint density at radius 3 is 2.48 bits per heavy atom. The van der Waals surface area contributed by atoms with Crippen LogP contribution in [0.2, 0.25) is 0 Å². The van der Waals surface area contributed by atoms with Crippen molar-refractivity contribution in [3.8, 4) is 0 Å². The van der Waals surface area contributed by atoms with Crippen LogP contribution in [0.25, 0.3) is 0 Å². The number of rotatable bonds is 5. The van der Waals surface area contributed by atoms with E-state index in [1.54, 1.807) is 42.2 Å². The molecule has 1 aromatic carbocycles. The molecule has 0 aliphatic heterocycles.